The van der Waals surface area contributed by atoms with Gasteiger partial charge in [0, 0.05) is 0 Å². The second kappa shape index (κ2) is 8.38. The van der Waals surface area contributed by atoms with E-state index in [1.54, 1.807) is 0 Å². The van der Waals surface area contributed by atoms with Crippen LogP contribution in [0.4, 0.5) is 0 Å². The lowest BCUT2D eigenvalue weighted by Crippen LogP contribution is -2.21. The number of hydrogen-bond acceptors (Lipinski definition) is 1. The van der Waals surface area contributed by atoms with Crippen LogP contribution in [-0.4, -0.2) is 10.7 Å². The van der Waals surface area contributed by atoms with Crippen molar-refractivity contribution in [3.05, 3.63) is 47.1 Å². The Hall–Kier alpha value is -1.08. The molecule has 1 aliphatic rings. The van der Waals surface area contributed by atoms with Crippen LogP contribution in [0, 0.1) is 5.92 Å². The van der Waals surface area contributed by atoms with Crippen LogP contribution in [0.1, 0.15) is 66.7 Å². The molecule has 0 aromatic carbocycles. The van der Waals surface area contributed by atoms with E-state index in [1.807, 2.05) is 13.0 Å². The van der Waals surface area contributed by atoms with Gasteiger partial charge >= 0.3 is 0 Å². The van der Waals surface area contributed by atoms with Crippen LogP contribution in [0.5, 0.6) is 0 Å². The molecule has 0 fully saturated rings. The molecule has 0 unspecified atom stereocenters. The van der Waals surface area contributed by atoms with Gasteiger partial charge in [-0.3, -0.25) is 0 Å². The minimum atomic E-state index is -0.711. The predicted molar refractivity (Wildman–Crippen MR) is 93.3 cm³/mol. The van der Waals surface area contributed by atoms with Gasteiger partial charge in [0.15, 0.2) is 0 Å². The monoisotopic (exact) mass is 288 g/mol. The summed E-state index contributed by atoms with van der Waals surface area (Å²) in [5, 5.41) is 10.5. The first-order valence-electron chi connectivity index (χ1n) is 8.22. The summed E-state index contributed by atoms with van der Waals surface area (Å²) >= 11 is 0. The Labute approximate surface area is 131 Å². The van der Waals surface area contributed by atoms with Crippen molar-refractivity contribution in [1.29, 1.82) is 0 Å². The van der Waals surface area contributed by atoms with Crippen LogP contribution in [-0.2, 0) is 0 Å². The second-order valence-electron chi connectivity index (χ2n) is 6.96. The zero-order valence-electron chi connectivity index (χ0n) is 14.4. The quantitative estimate of drug-likeness (QED) is 0.611. The fourth-order valence-electron chi connectivity index (χ4n) is 2.51. The van der Waals surface area contributed by atoms with Gasteiger partial charge in [-0.1, -0.05) is 60.9 Å². The van der Waals surface area contributed by atoms with Crippen LogP contribution in [0.15, 0.2) is 47.1 Å². The Balaban J connectivity index is 2.97. The van der Waals surface area contributed by atoms with Crippen LogP contribution >= 0.6 is 0 Å². The molecule has 0 aliphatic heterocycles. The molecule has 0 aromatic rings. The molecule has 118 valence electrons. The molecule has 0 spiro atoms. The van der Waals surface area contributed by atoms with E-state index in [0.29, 0.717) is 5.92 Å². The largest absolute Gasteiger partial charge is 0.386 e. The molecule has 0 radical (unpaired) electrons. The third-order valence-corrected chi connectivity index (χ3v) is 4.19. The van der Waals surface area contributed by atoms with Crippen molar-refractivity contribution in [1.82, 2.24) is 0 Å². The molecule has 0 bridgehead atoms. The fraction of sp³-hybridized carbons (Fsp3) is 0.600. The average molecular weight is 288 g/mol. The van der Waals surface area contributed by atoms with Crippen LogP contribution in [0.3, 0.4) is 0 Å². The summed E-state index contributed by atoms with van der Waals surface area (Å²) in [5.41, 5.74) is 3.52. The van der Waals surface area contributed by atoms with Crippen molar-refractivity contribution in [2.45, 2.75) is 72.3 Å². The highest BCUT2D eigenvalue weighted by atomic mass is 16.3. The van der Waals surface area contributed by atoms with Gasteiger partial charge in [-0.25, -0.2) is 0 Å². The second-order valence-corrected chi connectivity index (χ2v) is 6.96. The van der Waals surface area contributed by atoms with Gasteiger partial charge in [-0.05, 0) is 58.8 Å². The summed E-state index contributed by atoms with van der Waals surface area (Å²) in [6.45, 7) is 10.7. The molecule has 1 atom stereocenters. The predicted octanol–water partition coefficient (Wildman–Crippen LogP) is 5.73. The minimum Gasteiger partial charge on any atom is -0.386 e. The average Bonchev–Trinajstić information content (AvgIpc) is 2.37. The summed E-state index contributed by atoms with van der Waals surface area (Å²) in [5.74, 6) is 0.531. The van der Waals surface area contributed by atoms with Crippen LogP contribution in [0.25, 0.3) is 0 Å². The molecule has 0 saturated carbocycles. The van der Waals surface area contributed by atoms with E-state index in [1.165, 1.54) is 16.7 Å². The maximum atomic E-state index is 10.5. The Kier molecular flexibility index (Phi) is 7.17. The van der Waals surface area contributed by atoms with Crippen molar-refractivity contribution in [3.8, 4) is 0 Å². The van der Waals surface area contributed by atoms with Crippen molar-refractivity contribution in [3.63, 3.8) is 0 Å². The van der Waals surface area contributed by atoms with E-state index in [0.717, 1.165) is 32.1 Å². The van der Waals surface area contributed by atoms with Gasteiger partial charge in [-0.2, -0.15) is 0 Å². The van der Waals surface area contributed by atoms with E-state index in [-0.39, 0.29) is 0 Å². The fourth-order valence-corrected chi connectivity index (χ4v) is 2.51. The van der Waals surface area contributed by atoms with Crippen molar-refractivity contribution in [2.24, 2.45) is 5.92 Å². The van der Waals surface area contributed by atoms with E-state index >= 15 is 0 Å². The van der Waals surface area contributed by atoms with Crippen LogP contribution in [0.2, 0.25) is 0 Å². The highest BCUT2D eigenvalue weighted by molar-refractivity contribution is 5.20. The maximum Gasteiger partial charge on any atom is 0.0802 e. The van der Waals surface area contributed by atoms with Gasteiger partial charge < -0.3 is 5.11 Å². The Morgan fingerprint density at radius 2 is 1.81 bits per heavy atom. The number of aliphatic hydroxyl groups is 1. The summed E-state index contributed by atoms with van der Waals surface area (Å²) in [6.07, 6.45) is 15.8. The lowest BCUT2D eigenvalue weighted by Gasteiger charge is -2.21. The number of allylic oxidation sites excluding steroid dienone is 7. The Bertz CT molecular complexity index is 444. The Morgan fingerprint density at radius 1 is 1.10 bits per heavy atom. The SMILES string of the molecule is C/C1=C\CC/C(C)=C/C=C(/C(C)C)CC[C@@](C)(O)/C=C/C1. The van der Waals surface area contributed by atoms with Gasteiger partial charge in [-0.15, -0.1) is 0 Å². The first-order valence-corrected chi connectivity index (χ1v) is 8.22. The minimum absolute atomic E-state index is 0.531. The summed E-state index contributed by atoms with van der Waals surface area (Å²) in [4.78, 5) is 0. The normalized spacial score (nSPS) is 34.9. The molecule has 0 heterocycles. The van der Waals surface area contributed by atoms with Crippen molar-refractivity contribution < 1.29 is 5.11 Å². The van der Waals surface area contributed by atoms with Gasteiger partial charge in [0.2, 0.25) is 0 Å². The first kappa shape index (κ1) is 18.0. The van der Waals surface area contributed by atoms with E-state index < -0.39 is 5.60 Å². The smallest absolute Gasteiger partial charge is 0.0802 e. The van der Waals surface area contributed by atoms with E-state index in [2.05, 4.69) is 52.0 Å². The zero-order valence-corrected chi connectivity index (χ0v) is 14.4. The van der Waals surface area contributed by atoms with Crippen molar-refractivity contribution in [2.75, 3.05) is 0 Å². The first-order chi connectivity index (χ1) is 9.80. The Morgan fingerprint density at radius 3 is 2.48 bits per heavy atom. The molecule has 1 N–H and O–H groups in total. The molecule has 1 rings (SSSR count). The van der Waals surface area contributed by atoms with Crippen molar-refractivity contribution >= 4 is 0 Å². The lowest BCUT2D eigenvalue weighted by molar-refractivity contribution is 0.101. The molecule has 21 heavy (non-hydrogen) atoms. The lowest BCUT2D eigenvalue weighted by atomic mass is 9.90. The number of rotatable bonds is 1. The zero-order chi connectivity index (χ0) is 15.9. The molecular formula is C20H32O. The summed E-state index contributed by atoms with van der Waals surface area (Å²) in [6, 6.07) is 0. The maximum absolute atomic E-state index is 10.5. The highest BCUT2D eigenvalue weighted by Crippen LogP contribution is 2.24. The van der Waals surface area contributed by atoms with Gasteiger partial charge in [0.1, 0.15) is 0 Å². The molecule has 1 aliphatic carbocycles. The third kappa shape index (κ3) is 7.47. The van der Waals surface area contributed by atoms with E-state index in [9.17, 15) is 5.11 Å². The van der Waals surface area contributed by atoms with Gasteiger partial charge in [0.25, 0.3) is 0 Å². The van der Waals surface area contributed by atoms with E-state index in [4.69, 9.17) is 0 Å². The van der Waals surface area contributed by atoms with Crippen LogP contribution < -0.4 is 0 Å². The number of hydrogen-bond donors (Lipinski definition) is 1. The molecular weight excluding hydrogens is 256 g/mol. The summed E-state index contributed by atoms with van der Waals surface area (Å²) < 4.78 is 0. The molecule has 1 heteroatoms. The molecule has 0 saturated heterocycles. The molecule has 0 amide bonds. The summed E-state index contributed by atoms with van der Waals surface area (Å²) in [7, 11) is 0. The van der Waals surface area contributed by atoms with Gasteiger partial charge in [0.05, 0.1) is 5.60 Å². The molecule has 1 nitrogen and oxygen atoms in total. The third-order valence-electron chi connectivity index (χ3n) is 4.19. The highest BCUT2D eigenvalue weighted by Gasteiger charge is 2.17. The topological polar surface area (TPSA) is 20.2 Å². The molecule has 0 aromatic heterocycles. The standard InChI is InChI=1S/C20H32O/c1-16(2)19-12-11-18(4)9-6-8-17(3)10-7-14-20(5,21)15-13-19/h7-8,11-12,14,16,21H,6,9-10,13,15H2,1-5H3/b14-7+,17-8+,18-11+,19-12+/t20-/m0/s1.